The van der Waals surface area contributed by atoms with Crippen molar-refractivity contribution in [3.63, 3.8) is 0 Å². The zero-order chi connectivity index (χ0) is 12.6. The third-order valence-corrected chi connectivity index (χ3v) is 2.77. The molecule has 1 aliphatic heterocycles. The number of halogens is 4. The number of alkyl halides is 3. The fourth-order valence-electron chi connectivity index (χ4n) is 1.54. The van der Waals surface area contributed by atoms with Gasteiger partial charge < -0.3 is 4.74 Å². The van der Waals surface area contributed by atoms with Gasteiger partial charge >= 0.3 is 6.18 Å². The van der Waals surface area contributed by atoms with E-state index in [1.807, 2.05) is 0 Å². The van der Waals surface area contributed by atoms with Gasteiger partial charge in [0.2, 0.25) is 6.10 Å². The van der Waals surface area contributed by atoms with E-state index in [0.29, 0.717) is 10.0 Å². The van der Waals surface area contributed by atoms with Gasteiger partial charge in [0, 0.05) is 15.6 Å². The van der Waals surface area contributed by atoms with E-state index in [1.165, 1.54) is 12.1 Å². The predicted octanol–water partition coefficient (Wildman–Crippen LogP) is 3.35. The van der Waals surface area contributed by atoms with Crippen LogP contribution in [0.5, 0.6) is 5.75 Å². The quantitative estimate of drug-likeness (QED) is 0.744. The Bertz CT molecular complexity index is 494. The second-order valence-corrected chi connectivity index (χ2v) is 4.40. The summed E-state index contributed by atoms with van der Waals surface area (Å²) < 4.78 is 43.4. The molecule has 0 radical (unpaired) electrons. The Morgan fingerprint density at radius 1 is 1.35 bits per heavy atom. The third kappa shape index (κ3) is 2.36. The summed E-state index contributed by atoms with van der Waals surface area (Å²) in [6, 6.07) is 4.59. The fourth-order valence-corrected chi connectivity index (χ4v) is 1.92. The van der Waals surface area contributed by atoms with Gasteiger partial charge in [0.1, 0.15) is 12.0 Å². The molecule has 6 heteroatoms. The molecule has 1 unspecified atom stereocenters. The zero-order valence-corrected chi connectivity index (χ0v) is 9.88. The number of rotatable bonds is 1. The summed E-state index contributed by atoms with van der Waals surface area (Å²) >= 11 is 3.19. The highest BCUT2D eigenvalue weighted by atomic mass is 79.9. The Hall–Kier alpha value is -1.30. The van der Waals surface area contributed by atoms with Crippen molar-refractivity contribution >= 4 is 28.3 Å². The van der Waals surface area contributed by atoms with Crippen LogP contribution in [-0.2, 0) is 4.79 Å². The molecule has 0 N–H and O–H groups in total. The SMILES string of the molecule is O=CC1=Cc2cc(Br)ccc2OC1C(F)(F)F. The summed E-state index contributed by atoms with van der Waals surface area (Å²) in [5.41, 5.74) is 0.0186. The number of benzene rings is 1. The van der Waals surface area contributed by atoms with Crippen molar-refractivity contribution in [3.8, 4) is 5.75 Å². The van der Waals surface area contributed by atoms with Crippen LogP contribution in [0.15, 0.2) is 28.2 Å². The minimum Gasteiger partial charge on any atom is -0.475 e. The van der Waals surface area contributed by atoms with E-state index >= 15 is 0 Å². The summed E-state index contributed by atoms with van der Waals surface area (Å²) in [5, 5.41) is 0. The Morgan fingerprint density at radius 2 is 2.06 bits per heavy atom. The van der Waals surface area contributed by atoms with Crippen LogP contribution in [0.25, 0.3) is 6.08 Å². The van der Waals surface area contributed by atoms with Crippen molar-refractivity contribution in [2.75, 3.05) is 0 Å². The van der Waals surface area contributed by atoms with Crippen LogP contribution >= 0.6 is 15.9 Å². The molecule has 1 heterocycles. The summed E-state index contributed by atoms with van der Waals surface area (Å²) in [5.74, 6) is 0.112. The van der Waals surface area contributed by atoms with Gasteiger partial charge in [0.05, 0.1) is 0 Å². The first-order valence-electron chi connectivity index (χ1n) is 4.61. The first-order chi connectivity index (χ1) is 7.91. The van der Waals surface area contributed by atoms with E-state index in [9.17, 15) is 18.0 Å². The van der Waals surface area contributed by atoms with Crippen LogP contribution in [-0.4, -0.2) is 18.6 Å². The van der Waals surface area contributed by atoms with Crippen molar-refractivity contribution in [1.82, 2.24) is 0 Å². The maximum Gasteiger partial charge on any atom is 0.429 e. The summed E-state index contributed by atoms with van der Waals surface area (Å²) in [6.45, 7) is 0. The number of hydrogen-bond donors (Lipinski definition) is 0. The normalized spacial score (nSPS) is 19.1. The molecule has 90 valence electrons. The molecule has 2 nitrogen and oxygen atoms in total. The second-order valence-electron chi connectivity index (χ2n) is 3.48. The van der Waals surface area contributed by atoms with E-state index in [0.717, 1.165) is 0 Å². The summed E-state index contributed by atoms with van der Waals surface area (Å²) in [7, 11) is 0. The van der Waals surface area contributed by atoms with Crippen molar-refractivity contribution in [2.45, 2.75) is 12.3 Å². The lowest BCUT2D eigenvalue weighted by atomic mass is 10.0. The van der Waals surface area contributed by atoms with Gasteiger partial charge in [0.25, 0.3) is 0 Å². The number of ether oxygens (including phenoxy) is 1. The second kappa shape index (κ2) is 4.18. The van der Waals surface area contributed by atoms with E-state index in [4.69, 9.17) is 4.74 Å². The topological polar surface area (TPSA) is 26.3 Å². The van der Waals surface area contributed by atoms with Gasteiger partial charge in [-0.25, -0.2) is 0 Å². The molecule has 17 heavy (non-hydrogen) atoms. The maximum atomic E-state index is 12.6. The Balaban J connectivity index is 2.49. The lowest BCUT2D eigenvalue weighted by Crippen LogP contribution is -2.38. The van der Waals surface area contributed by atoms with Crippen LogP contribution in [0.4, 0.5) is 13.2 Å². The average molecular weight is 307 g/mol. The van der Waals surface area contributed by atoms with E-state index in [1.54, 1.807) is 12.1 Å². The molecule has 0 amide bonds. The molecule has 0 aromatic heterocycles. The minimum absolute atomic E-state index is 0.112. The van der Waals surface area contributed by atoms with Crippen LogP contribution in [0.3, 0.4) is 0 Å². The minimum atomic E-state index is -4.60. The van der Waals surface area contributed by atoms with Crippen molar-refractivity contribution in [2.24, 2.45) is 0 Å². The largest absolute Gasteiger partial charge is 0.475 e. The molecule has 1 atom stereocenters. The van der Waals surface area contributed by atoms with Gasteiger partial charge in [-0.3, -0.25) is 4.79 Å². The van der Waals surface area contributed by atoms with Crippen molar-refractivity contribution in [1.29, 1.82) is 0 Å². The average Bonchev–Trinajstić information content (AvgIpc) is 2.25. The van der Waals surface area contributed by atoms with Crippen LogP contribution in [0, 0.1) is 0 Å². The summed E-state index contributed by atoms with van der Waals surface area (Å²) in [4.78, 5) is 10.7. The smallest absolute Gasteiger partial charge is 0.429 e. The first-order valence-corrected chi connectivity index (χ1v) is 5.41. The molecular formula is C11H6BrF3O2. The monoisotopic (exact) mass is 306 g/mol. The first kappa shape index (κ1) is 12.2. The van der Waals surface area contributed by atoms with Gasteiger partial charge in [-0.05, 0) is 24.3 Å². The van der Waals surface area contributed by atoms with Gasteiger partial charge in [0.15, 0.2) is 0 Å². The molecular weight excluding hydrogens is 301 g/mol. The van der Waals surface area contributed by atoms with Crippen LogP contribution in [0.1, 0.15) is 5.56 Å². The van der Waals surface area contributed by atoms with Crippen LogP contribution < -0.4 is 4.74 Å². The fraction of sp³-hybridized carbons (Fsp3) is 0.182. The highest BCUT2D eigenvalue weighted by Gasteiger charge is 2.46. The zero-order valence-electron chi connectivity index (χ0n) is 8.29. The van der Waals surface area contributed by atoms with E-state index in [2.05, 4.69) is 15.9 Å². The van der Waals surface area contributed by atoms with Gasteiger partial charge in [-0.15, -0.1) is 0 Å². The number of aldehydes is 1. The van der Waals surface area contributed by atoms with Crippen molar-refractivity contribution in [3.05, 3.63) is 33.8 Å². The number of carbonyl (C=O) groups is 1. The van der Waals surface area contributed by atoms with Crippen LogP contribution in [0.2, 0.25) is 0 Å². The Labute approximate surface area is 103 Å². The Morgan fingerprint density at radius 3 is 2.65 bits per heavy atom. The molecule has 0 bridgehead atoms. The Kier molecular flexibility index (Phi) is 2.99. The lowest BCUT2D eigenvalue weighted by molar-refractivity contribution is -0.184. The van der Waals surface area contributed by atoms with Gasteiger partial charge in [-0.2, -0.15) is 13.2 Å². The standard InChI is InChI=1S/C11H6BrF3O2/c12-8-1-2-9-6(4-8)3-7(5-16)10(17-9)11(13,14)15/h1-5,10H. The molecule has 2 rings (SSSR count). The number of hydrogen-bond acceptors (Lipinski definition) is 2. The molecule has 1 aromatic carbocycles. The highest BCUT2D eigenvalue weighted by Crippen LogP contribution is 2.37. The highest BCUT2D eigenvalue weighted by molar-refractivity contribution is 9.10. The molecule has 0 saturated carbocycles. The third-order valence-electron chi connectivity index (χ3n) is 2.27. The molecule has 0 aliphatic carbocycles. The number of carbonyl (C=O) groups excluding carboxylic acids is 1. The maximum absolute atomic E-state index is 12.6. The molecule has 0 spiro atoms. The molecule has 0 fully saturated rings. The van der Waals surface area contributed by atoms with E-state index < -0.39 is 17.9 Å². The summed E-state index contributed by atoms with van der Waals surface area (Å²) in [6.07, 6.45) is -5.43. The molecule has 1 aromatic rings. The number of fused-ring (bicyclic) bond motifs is 1. The lowest BCUT2D eigenvalue weighted by Gasteiger charge is -2.26. The molecule has 0 saturated heterocycles. The molecule has 1 aliphatic rings. The van der Waals surface area contributed by atoms with E-state index in [-0.39, 0.29) is 12.0 Å². The van der Waals surface area contributed by atoms with Gasteiger partial charge in [-0.1, -0.05) is 15.9 Å². The predicted molar refractivity (Wildman–Crippen MR) is 58.7 cm³/mol. The van der Waals surface area contributed by atoms with Crippen molar-refractivity contribution < 1.29 is 22.7 Å².